The summed E-state index contributed by atoms with van der Waals surface area (Å²) >= 11 is 0. The quantitative estimate of drug-likeness (QED) is 0.897. The van der Waals surface area contributed by atoms with Gasteiger partial charge in [0.2, 0.25) is 11.8 Å². The number of carbonyl (C=O) groups excluding carboxylic acids is 1. The number of benzene rings is 2. The van der Waals surface area contributed by atoms with Gasteiger partial charge in [0.05, 0.1) is 17.3 Å². The van der Waals surface area contributed by atoms with E-state index in [0.717, 1.165) is 37.1 Å². The molecule has 2 aromatic carbocycles. The standard InChI is InChI=1S/C21H21N3O2/c25-20(17-10-5-11-22-17)23-16-9-4-3-8-15(16)21-24-19-14-7-2-1-6-13(14)12-18(19)26-21/h1-4,6-9,17-19,22H,5,10-12H2,(H,23,25)/t17?,18-,19+/m1/s1. The lowest BCUT2D eigenvalue weighted by Crippen LogP contribution is -2.35. The molecule has 1 unspecified atom stereocenters. The minimum atomic E-state index is -0.110. The molecule has 5 heteroatoms. The average molecular weight is 347 g/mol. The van der Waals surface area contributed by atoms with Gasteiger partial charge in [-0.25, -0.2) is 4.99 Å². The van der Waals surface area contributed by atoms with Crippen LogP contribution >= 0.6 is 0 Å². The van der Waals surface area contributed by atoms with Crippen molar-refractivity contribution in [2.45, 2.75) is 37.5 Å². The molecule has 3 aliphatic rings. The maximum absolute atomic E-state index is 12.5. The van der Waals surface area contributed by atoms with Crippen LogP contribution in [0.5, 0.6) is 0 Å². The first kappa shape index (κ1) is 15.6. The first-order valence-corrected chi connectivity index (χ1v) is 9.25. The summed E-state index contributed by atoms with van der Waals surface area (Å²) in [5.74, 6) is 0.642. The van der Waals surface area contributed by atoms with E-state index >= 15 is 0 Å². The summed E-state index contributed by atoms with van der Waals surface area (Å²) in [5.41, 5.74) is 4.19. The smallest absolute Gasteiger partial charge is 0.241 e. The first-order valence-electron chi connectivity index (χ1n) is 9.25. The molecule has 2 heterocycles. The van der Waals surface area contributed by atoms with Gasteiger partial charge in [-0.2, -0.15) is 0 Å². The third-order valence-electron chi connectivity index (χ3n) is 5.46. The molecule has 0 radical (unpaired) electrons. The van der Waals surface area contributed by atoms with E-state index in [1.165, 1.54) is 11.1 Å². The summed E-state index contributed by atoms with van der Waals surface area (Å²) in [4.78, 5) is 17.3. The second kappa shape index (κ2) is 6.25. The van der Waals surface area contributed by atoms with Crippen molar-refractivity contribution in [2.24, 2.45) is 4.99 Å². The molecule has 1 saturated heterocycles. The highest BCUT2D eigenvalue weighted by atomic mass is 16.5. The number of nitrogens with one attached hydrogen (secondary N) is 2. The number of hydrogen-bond donors (Lipinski definition) is 2. The Morgan fingerprint density at radius 2 is 2.00 bits per heavy atom. The Morgan fingerprint density at radius 3 is 2.88 bits per heavy atom. The number of carbonyl (C=O) groups is 1. The Hall–Kier alpha value is -2.66. The highest BCUT2D eigenvalue weighted by Gasteiger charge is 2.40. The summed E-state index contributed by atoms with van der Waals surface area (Å²) in [6.07, 6.45) is 2.86. The van der Waals surface area contributed by atoms with Gasteiger partial charge in [0, 0.05) is 6.42 Å². The van der Waals surface area contributed by atoms with E-state index in [9.17, 15) is 4.79 Å². The highest BCUT2D eigenvalue weighted by Crippen LogP contribution is 2.41. The molecule has 3 atom stereocenters. The molecule has 132 valence electrons. The predicted molar refractivity (Wildman–Crippen MR) is 100 cm³/mol. The fourth-order valence-electron chi connectivity index (χ4n) is 4.14. The summed E-state index contributed by atoms with van der Waals surface area (Å²) in [6.45, 7) is 0.901. The fourth-order valence-corrected chi connectivity index (χ4v) is 4.14. The Kier molecular flexibility index (Phi) is 3.75. The molecule has 2 aromatic rings. The van der Waals surface area contributed by atoms with E-state index in [4.69, 9.17) is 9.73 Å². The van der Waals surface area contributed by atoms with E-state index < -0.39 is 0 Å². The molecular formula is C21H21N3O2. The van der Waals surface area contributed by atoms with Crippen molar-refractivity contribution < 1.29 is 9.53 Å². The molecule has 2 N–H and O–H groups in total. The number of para-hydroxylation sites is 1. The van der Waals surface area contributed by atoms with Crippen molar-refractivity contribution in [3.63, 3.8) is 0 Å². The Labute approximate surface area is 152 Å². The number of fused-ring (bicyclic) bond motifs is 3. The number of ether oxygens (including phenoxy) is 1. The number of rotatable bonds is 3. The van der Waals surface area contributed by atoms with E-state index in [0.29, 0.717) is 5.90 Å². The molecule has 0 aromatic heterocycles. The van der Waals surface area contributed by atoms with Gasteiger partial charge in [0.15, 0.2) is 0 Å². The zero-order valence-electron chi connectivity index (χ0n) is 14.4. The van der Waals surface area contributed by atoms with E-state index in [1.807, 2.05) is 24.3 Å². The van der Waals surface area contributed by atoms with Crippen molar-refractivity contribution in [1.29, 1.82) is 0 Å². The summed E-state index contributed by atoms with van der Waals surface area (Å²) in [7, 11) is 0. The molecule has 0 saturated carbocycles. The second-order valence-electron chi connectivity index (χ2n) is 7.12. The Balaban J connectivity index is 1.42. The molecule has 1 fully saturated rings. The van der Waals surface area contributed by atoms with Crippen molar-refractivity contribution in [1.82, 2.24) is 5.32 Å². The lowest BCUT2D eigenvalue weighted by atomic mass is 10.1. The largest absolute Gasteiger partial charge is 0.471 e. The van der Waals surface area contributed by atoms with Crippen molar-refractivity contribution >= 4 is 17.5 Å². The van der Waals surface area contributed by atoms with Gasteiger partial charge in [-0.1, -0.05) is 36.4 Å². The lowest BCUT2D eigenvalue weighted by molar-refractivity contribution is -0.117. The van der Waals surface area contributed by atoms with Crippen molar-refractivity contribution in [2.75, 3.05) is 11.9 Å². The van der Waals surface area contributed by atoms with Crippen LogP contribution in [0.25, 0.3) is 0 Å². The maximum atomic E-state index is 12.5. The van der Waals surface area contributed by atoms with Crippen LogP contribution < -0.4 is 10.6 Å². The SMILES string of the molecule is O=C(Nc1ccccc1C1=N[C@H]2c3ccccc3C[C@H]2O1)C1CCCN1. The van der Waals surface area contributed by atoms with Gasteiger partial charge in [0.25, 0.3) is 0 Å². The monoisotopic (exact) mass is 347 g/mol. The van der Waals surface area contributed by atoms with Gasteiger partial charge >= 0.3 is 0 Å². The van der Waals surface area contributed by atoms with Crippen LogP contribution in [-0.2, 0) is 16.0 Å². The van der Waals surface area contributed by atoms with Gasteiger partial charge in [-0.15, -0.1) is 0 Å². The van der Waals surface area contributed by atoms with Crippen LogP contribution in [0.15, 0.2) is 53.5 Å². The molecule has 5 nitrogen and oxygen atoms in total. The zero-order valence-corrected chi connectivity index (χ0v) is 14.4. The van der Waals surface area contributed by atoms with Crippen LogP contribution in [0, 0.1) is 0 Å². The van der Waals surface area contributed by atoms with Crippen LogP contribution in [-0.4, -0.2) is 30.5 Å². The molecule has 1 amide bonds. The third-order valence-corrected chi connectivity index (χ3v) is 5.46. The predicted octanol–water partition coefficient (Wildman–Crippen LogP) is 2.82. The number of aliphatic imine (C=N–C) groups is 1. The van der Waals surface area contributed by atoms with E-state index in [2.05, 4.69) is 34.9 Å². The number of nitrogens with zero attached hydrogens (tertiary/aromatic N) is 1. The number of hydrogen-bond acceptors (Lipinski definition) is 4. The number of amides is 1. The summed E-state index contributed by atoms with van der Waals surface area (Å²) in [5, 5.41) is 6.29. The minimum absolute atomic E-state index is 0.0130. The normalized spacial score (nSPS) is 26.0. The van der Waals surface area contributed by atoms with E-state index in [1.54, 1.807) is 0 Å². The molecule has 2 aliphatic heterocycles. The van der Waals surface area contributed by atoms with Gasteiger partial charge < -0.3 is 15.4 Å². The van der Waals surface area contributed by atoms with Crippen LogP contribution in [0.3, 0.4) is 0 Å². The first-order chi connectivity index (χ1) is 12.8. The molecule has 0 spiro atoms. The van der Waals surface area contributed by atoms with Gasteiger partial charge in [-0.05, 0) is 42.6 Å². The lowest BCUT2D eigenvalue weighted by Gasteiger charge is -2.15. The average Bonchev–Trinajstić information content (AvgIpc) is 3.38. The molecule has 0 bridgehead atoms. The van der Waals surface area contributed by atoms with Crippen molar-refractivity contribution in [3.05, 3.63) is 65.2 Å². The van der Waals surface area contributed by atoms with Crippen LogP contribution in [0.2, 0.25) is 0 Å². The molecule has 1 aliphatic carbocycles. The molecule has 5 rings (SSSR count). The van der Waals surface area contributed by atoms with Crippen LogP contribution in [0.1, 0.15) is 35.6 Å². The Bertz CT molecular complexity index is 886. The van der Waals surface area contributed by atoms with Gasteiger partial charge in [-0.3, -0.25) is 4.79 Å². The van der Waals surface area contributed by atoms with Crippen molar-refractivity contribution in [3.8, 4) is 0 Å². The molecule has 26 heavy (non-hydrogen) atoms. The van der Waals surface area contributed by atoms with E-state index in [-0.39, 0.29) is 24.1 Å². The fraction of sp³-hybridized carbons (Fsp3) is 0.333. The summed E-state index contributed by atoms with van der Waals surface area (Å²) in [6, 6.07) is 16.1. The Morgan fingerprint density at radius 1 is 1.15 bits per heavy atom. The minimum Gasteiger partial charge on any atom is -0.471 e. The number of anilines is 1. The highest BCUT2D eigenvalue weighted by molar-refractivity contribution is 6.05. The maximum Gasteiger partial charge on any atom is 0.241 e. The molecular weight excluding hydrogens is 326 g/mol. The van der Waals surface area contributed by atoms with Gasteiger partial charge in [0.1, 0.15) is 12.1 Å². The summed E-state index contributed by atoms with van der Waals surface area (Å²) < 4.78 is 6.18. The zero-order chi connectivity index (χ0) is 17.5. The topological polar surface area (TPSA) is 62.7 Å². The third kappa shape index (κ3) is 2.59. The second-order valence-corrected chi connectivity index (χ2v) is 7.12. The van der Waals surface area contributed by atoms with Crippen LogP contribution in [0.4, 0.5) is 5.69 Å².